The van der Waals surface area contributed by atoms with E-state index in [-0.39, 0.29) is 0 Å². The summed E-state index contributed by atoms with van der Waals surface area (Å²) in [5.41, 5.74) is 4.09. The summed E-state index contributed by atoms with van der Waals surface area (Å²) in [5, 5.41) is 3.58. The van der Waals surface area contributed by atoms with Crippen molar-refractivity contribution >= 4 is 6.08 Å². The topological polar surface area (TPSA) is 24.5 Å². The van der Waals surface area contributed by atoms with Gasteiger partial charge in [-0.25, -0.2) is 0 Å². The minimum atomic E-state index is 0.581. The van der Waals surface area contributed by atoms with Crippen LogP contribution >= 0.6 is 0 Å². The van der Waals surface area contributed by atoms with E-state index >= 15 is 0 Å². The van der Waals surface area contributed by atoms with E-state index in [0.29, 0.717) is 18.0 Å². The Labute approximate surface area is 150 Å². The van der Waals surface area contributed by atoms with Crippen molar-refractivity contribution in [3.63, 3.8) is 0 Å². The second-order valence-corrected chi connectivity index (χ2v) is 7.01. The third kappa shape index (κ3) is 3.10. The number of nitrogens with one attached hydrogen (secondary N) is 1. The number of hydrogen-bond donors (Lipinski definition) is 1. The van der Waals surface area contributed by atoms with E-state index in [1.807, 2.05) is 6.07 Å². The highest BCUT2D eigenvalue weighted by molar-refractivity contribution is 5.50. The first-order chi connectivity index (χ1) is 12.3. The predicted octanol–water partition coefficient (Wildman–Crippen LogP) is 3.67. The molecule has 130 valence electrons. The van der Waals surface area contributed by atoms with Gasteiger partial charge >= 0.3 is 0 Å². The number of nitrogens with zero attached hydrogens (tertiary/aromatic N) is 1. The van der Waals surface area contributed by atoms with Gasteiger partial charge in [0.15, 0.2) is 0 Å². The van der Waals surface area contributed by atoms with Crippen LogP contribution < -0.4 is 10.1 Å². The molecule has 3 nitrogen and oxygen atoms in total. The Morgan fingerprint density at radius 3 is 2.56 bits per heavy atom. The third-order valence-electron chi connectivity index (χ3n) is 5.57. The molecule has 0 radical (unpaired) electrons. The Morgan fingerprint density at radius 1 is 1.12 bits per heavy atom. The third-order valence-corrected chi connectivity index (χ3v) is 5.57. The number of hydrogen-bond acceptors (Lipinski definition) is 3. The molecule has 0 aliphatic carbocycles. The maximum atomic E-state index is 5.37. The molecule has 2 aromatic rings. The van der Waals surface area contributed by atoms with Crippen LogP contribution in [0.15, 0.2) is 54.6 Å². The highest BCUT2D eigenvalue weighted by Gasteiger charge is 2.50. The Hall–Kier alpha value is -2.10. The van der Waals surface area contributed by atoms with Gasteiger partial charge in [-0.05, 0) is 35.7 Å². The molecule has 1 unspecified atom stereocenters. The zero-order valence-corrected chi connectivity index (χ0v) is 15.0. The van der Waals surface area contributed by atoms with Crippen molar-refractivity contribution in [1.29, 1.82) is 0 Å². The summed E-state index contributed by atoms with van der Waals surface area (Å²) in [4.78, 5) is 2.65. The molecule has 2 heterocycles. The number of benzene rings is 2. The normalized spacial score (nSPS) is 25.8. The van der Waals surface area contributed by atoms with Gasteiger partial charge in [-0.3, -0.25) is 4.90 Å². The second-order valence-electron chi connectivity index (χ2n) is 7.01. The average molecular weight is 334 g/mol. The van der Waals surface area contributed by atoms with Gasteiger partial charge in [0.1, 0.15) is 5.75 Å². The molecule has 2 aromatic carbocycles. The standard InChI is InChI=1S/C22H26N2O/c1-3-5-16-8-10-18(11-9-16)22-20-13-23-14-21(22)24(20)15-17-6-4-7-19(12-17)25-2/h3-12,20-23H,13-15H2,1-2H3/b5-3+/t20-,21+,22?. The van der Waals surface area contributed by atoms with Crippen molar-refractivity contribution in [1.82, 2.24) is 10.2 Å². The first kappa shape index (κ1) is 16.4. The van der Waals surface area contributed by atoms with E-state index in [9.17, 15) is 0 Å². The van der Waals surface area contributed by atoms with Gasteiger partial charge in [0.25, 0.3) is 0 Å². The van der Waals surface area contributed by atoms with E-state index in [4.69, 9.17) is 4.74 Å². The molecule has 2 aliphatic rings. The fourth-order valence-electron chi connectivity index (χ4n) is 4.36. The molecule has 2 fully saturated rings. The lowest BCUT2D eigenvalue weighted by atomic mass is 9.72. The number of ether oxygens (including phenoxy) is 1. The van der Waals surface area contributed by atoms with Crippen molar-refractivity contribution in [2.24, 2.45) is 0 Å². The summed E-state index contributed by atoms with van der Waals surface area (Å²) in [6.45, 7) is 5.21. The van der Waals surface area contributed by atoms with Gasteiger partial charge in [0.05, 0.1) is 7.11 Å². The van der Waals surface area contributed by atoms with Crippen LogP contribution in [0, 0.1) is 0 Å². The van der Waals surface area contributed by atoms with Gasteiger partial charge in [-0.1, -0.05) is 48.6 Å². The van der Waals surface area contributed by atoms with Crippen LogP contribution in [-0.4, -0.2) is 37.2 Å². The molecule has 0 amide bonds. The number of allylic oxidation sites excluding steroid dienone is 1. The molecule has 2 saturated heterocycles. The molecule has 0 saturated carbocycles. The fourth-order valence-corrected chi connectivity index (χ4v) is 4.36. The highest BCUT2D eigenvalue weighted by atomic mass is 16.5. The zero-order chi connectivity index (χ0) is 17.2. The second kappa shape index (κ2) is 7.03. The van der Waals surface area contributed by atoms with Gasteiger partial charge in [-0.15, -0.1) is 0 Å². The first-order valence-corrected chi connectivity index (χ1v) is 9.12. The summed E-state index contributed by atoms with van der Waals surface area (Å²) in [5.74, 6) is 1.59. The number of likely N-dealkylation sites (tertiary alicyclic amines) is 1. The van der Waals surface area contributed by atoms with Crippen molar-refractivity contribution in [3.05, 3.63) is 71.3 Å². The van der Waals surface area contributed by atoms with E-state index in [0.717, 1.165) is 25.4 Å². The average Bonchev–Trinajstić information content (AvgIpc) is 2.67. The molecule has 0 spiro atoms. The lowest BCUT2D eigenvalue weighted by Gasteiger charge is -2.59. The van der Waals surface area contributed by atoms with Crippen LogP contribution in [0.1, 0.15) is 29.5 Å². The van der Waals surface area contributed by atoms with Crippen LogP contribution in [0.5, 0.6) is 5.75 Å². The maximum Gasteiger partial charge on any atom is 0.119 e. The molecule has 2 bridgehead atoms. The Balaban J connectivity index is 1.50. The molecule has 25 heavy (non-hydrogen) atoms. The van der Waals surface area contributed by atoms with Crippen LogP contribution in [0.2, 0.25) is 0 Å². The lowest BCUT2D eigenvalue weighted by Crippen LogP contribution is -2.72. The number of fused-ring (bicyclic) bond motifs is 2. The molecule has 4 rings (SSSR count). The minimum absolute atomic E-state index is 0.581. The molecular formula is C22H26N2O. The Kier molecular flexibility index (Phi) is 4.60. The molecular weight excluding hydrogens is 308 g/mol. The lowest BCUT2D eigenvalue weighted by molar-refractivity contribution is -0.0483. The van der Waals surface area contributed by atoms with Crippen LogP contribution in [-0.2, 0) is 6.54 Å². The first-order valence-electron chi connectivity index (χ1n) is 9.12. The molecule has 3 atom stereocenters. The van der Waals surface area contributed by atoms with Gasteiger partial charge in [0.2, 0.25) is 0 Å². The van der Waals surface area contributed by atoms with Gasteiger partial charge in [-0.2, -0.15) is 0 Å². The number of rotatable bonds is 5. The largest absolute Gasteiger partial charge is 0.497 e. The van der Waals surface area contributed by atoms with Crippen molar-refractivity contribution in [3.8, 4) is 5.75 Å². The predicted molar refractivity (Wildman–Crippen MR) is 103 cm³/mol. The number of piperazine rings is 1. The molecule has 0 aromatic heterocycles. The zero-order valence-electron chi connectivity index (χ0n) is 15.0. The quantitative estimate of drug-likeness (QED) is 0.903. The van der Waals surface area contributed by atoms with E-state index in [1.54, 1.807) is 7.11 Å². The smallest absolute Gasteiger partial charge is 0.119 e. The van der Waals surface area contributed by atoms with Crippen LogP contribution in [0.3, 0.4) is 0 Å². The van der Waals surface area contributed by atoms with Crippen LogP contribution in [0.4, 0.5) is 0 Å². The van der Waals surface area contributed by atoms with Gasteiger partial charge in [0, 0.05) is 37.6 Å². The summed E-state index contributed by atoms with van der Waals surface area (Å²) in [6, 6.07) is 18.7. The van der Waals surface area contributed by atoms with E-state index < -0.39 is 0 Å². The van der Waals surface area contributed by atoms with E-state index in [2.05, 4.69) is 71.8 Å². The summed E-state index contributed by atoms with van der Waals surface area (Å²) < 4.78 is 5.37. The van der Waals surface area contributed by atoms with Crippen molar-refractivity contribution < 1.29 is 4.74 Å². The summed E-state index contributed by atoms with van der Waals surface area (Å²) in [6.07, 6.45) is 4.24. The van der Waals surface area contributed by atoms with Crippen molar-refractivity contribution in [2.75, 3.05) is 20.2 Å². The highest BCUT2D eigenvalue weighted by Crippen LogP contribution is 2.43. The Bertz CT molecular complexity index is 741. The molecule has 3 heteroatoms. The maximum absolute atomic E-state index is 5.37. The Morgan fingerprint density at radius 2 is 1.88 bits per heavy atom. The number of piperidine rings is 1. The van der Waals surface area contributed by atoms with Gasteiger partial charge < -0.3 is 10.1 Å². The SMILES string of the molecule is C/C=C/c1ccc(C2[C@H]3CNC[C@@H]2N3Cc2cccc(OC)c2)cc1. The van der Waals surface area contributed by atoms with Crippen molar-refractivity contribution in [2.45, 2.75) is 31.5 Å². The molecule has 1 N–H and O–H groups in total. The monoisotopic (exact) mass is 334 g/mol. The summed E-state index contributed by atoms with van der Waals surface area (Å²) >= 11 is 0. The minimum Gasteiger partial charge on any atom is -0.497 e. The summed E-state index contributed by atoms with van der Waals surface area (Å²) in [7, 11) is 1.73. The van der Waals surface area contributed by atoms with E-state index in [1.165, 1.54) is 16.7 Å². The molecule has 2 aliphatic heterocycles. The fraction of sp³-hybridized carbons (Fsp3) is 0.364. The van der Waals surface area contributed by atoms with Crippen LogP contribution in [0.25, 0.3) is 6.08 Å². The number of methoxy groups -OCH3 is 1.